The van der Waals surface area contributed by atoms with Gasteiger partial charge in [0.05, 0.1) is 13.2 Å². The molecule has 0 radical (unpaired) electrons. The smallest absolute Gasteiger partial charge is 0.257 e. The third kappa shape index (κ3) is 3.77. The maximum atomic E-state index is 14.0. The molecule has 1 atom stereocenters. The summed E-state index contributed by atoms with van der Waals surface area (Å²) in [4.78, 5) is 14.3. The van der Waals surface area contributed by atoms with Crippen LogP contribution in [0.2, 0.25) is 0 Å². The fourth-order valence-corrected chi connectivity index (χ4v) is 2.61. The molecule has 1 N–H and O–H groups in total. The predicted molar refractivity (Wildman–Crippen MR) is 86.6 cm³/mol. The lowest BCUT2D eigenvalue weighted by atomic mass is 10.1. The van der Waals surface area contributed by atoms with Gasteiger partial charge in [0.1, 0.15) is 17.7 Å². The lowest BCUT2D eigenvalue weighted by Gasteiger charge is -2.30. The summed E-state index contributed by atoms with van der Waals surface area (Å²) in [6, 6.07) is 11.8. The number of hydrogen-bond donors (Lipinski definition) is 1. The minimum Gasteiger partial charge on any atom is -0.366 e. The number of morpholine rings is 1. The average Bonchev–Trinajstić information content (AvgIpc) is 2.62. The SMILES string of the molecule is O=C([C@H]1CNCCO1)N(Cc1ccccc1F)c1ccc(F)cc1. The molecule has 1 aliphatic heterocycles. The van der Waals surface area contributed by atoms with E-state index in [-0.39, 0.29) is 18.3 Å². The fourth-order valence-electron chi connectivity index (χ4n) is 2.61. The highest BCUT2D eigenvalue weighted by molar-refractivity contribution is 5.96. The van der Waals surface area contributed by atoms with Crippen LogP contribution in [0.4, 0.5) is 14.5 Å². The Morgan fingerprint density at radius 1 is 1.17 bits per heavy atom. The van der Waals surface area contributed by atoms with Crippen molar-refractivity contribution >= 4 is 11.6 Å². The number of hydrogen-bond acceptors (Lipinski definition) is 3. The molecule has 6 heteroatoms. The monoisotopic (exact) mass is 332 g/mol. The molecule has 1 amide bonds. The van der Waals surface area contributed by atoms with E-state index >= 15 is 0 Å². The van der Waals surface area contributed by atoms with Crippen molar-refractivity contribution < 1.29 is 18.3 Å². The number of amides is 1. The molecule has 1 saturated heterocycles. The molecule has 0 saturated carbocycles. The van der Waals surface area contributed by atoms with Crippen LogP contribution in [0.1, 0.15) is 5.56 Å². The van der Waals surface area contributed by atoms with E-state index in [0.29, 0.717) is 30.9 Å². The van der Waals surface area contributed by atoms with Gasteiger partial charge in [0.25, 0.3) is 5.91 Å². The van der Waals surface area contributed by atoms with Crippen molar-refractivity contribution in [2.45, 2.75) is 12.6 Å². The summed E-state index contributed by atoms with van der Waals surface area (Å²) < 4.78 is 32.7. The Morgan fingerprint density at radius 3 is 2.58 bits per heavy atom. The quantitative estimate of drug-likeness (QED) is 0.935. The van der Waals surface area contributed by atoms with Crippen molar-refractivity contribution in [3.8, 4) is 0 Å². The van der Waals surface area contributed by atoms with Gasteiger partial charge in [-0.1, -0.05) is 18.2 Å². The van der Waals surface area contributed by atoms with Crippen LogP contribution in [0.3, 0.4) is 0 Å². The molecule has 1 aliphatic rings. The second kappa shape index (κ2) is 7.51. The topological polar surface area (TPSA) is 41.6 Å². The highest BCUT2D eigenvalue weighted by atomic mass is 19.1. The van der Waals surface area contributed by atoms with Gasteiger partial charge in [-0.15, -0.1) is 0 Å². The summed E-state index contributed by atoms with van der Waals surface area (Å²) in [5, 5.41) is 3.10. The Morgan fingerprint density at radius 2 is 1.92 bits per heavy atom. The van der Waals surface area contributed by atoms with Crippen molar-refractivity contribution in [3.05, 3.63) is 65.7 Å². The largest absolute Gasteiger partial charge is 0.366 e. The molecule has 0 unspecified atom stereocenters. The molecule has 126 valence electrons. The highest BCUT2D eigenvalue weighted by Gasteiger charge is 2.28. The summed E-state index contributed by atoms with van der Waals surface area (Å²) in [6.45, 7) is 1.58. The third-order valence-electron chi connectivity index (χ3n) is 3.89. The van der Waals surface area contributed by atoms with E-state index in [2.05, 4.69) is 5.32 Å². The van der Waals surface area contributed by atoms with Crippen LogP contribution in [-0.4, -0.2) is 31.7 Å². The van der Waals surface area contributed by atoms with Crippen molar-refractivity contribution in [3.63, 3.8) is 0 Å². The minimum atomic E-state index is -0.643. The van der Waals surface area contributed by atoms with Crippen molar-refractivity contribution in [2.24, 2.45) is 0 Å². The van der Waals surface area contributed by atoms with Crippen LogP contribution in [0.15, 0.2) is 48.5 Å². The molecular weight excluding hydrogens is 314 g/mol. The van der Waals surface area contributed by atoms with Crippen LogP contribution in [-0.2, 0) is 16.1 Å². The van der Waals surface area contributed by atoms with Gasteiger partial charge in [-0.2, -0.15) is 0 Å². The van der Waals surface area contributed by atoms with Crippen molar-refractivity contribution in [2.75, 3.05) is 24.6 Å². The first-order chi connectivity index (χ1) is 11.6. The van der Waals surface area contributed by atoms with Gasteiger partial charge >= 0.3 is 0 Å². The zero-order chi connectivity index (χ0) is 16.9. The number of anilines is 1. The Labute approximate surface area is 139 Å². The van der Waals surface area contributed by atoms with Gasteiger partial charge in [-0.25, -0.2) is 8.78 Å². The van der Waals surface area contributed by atoms with E-state index in [1.54, 1.807) is 18.2 Å². The van der Waals surface area contributed by atoms with Gasteiger partial charge in [0, 0.05) is 24.3 Å². The molecule has 0 bridgehead atoms. The Balaban J connectivity index is 1.89. The molecule has 0 aromatic heterocycles. The number of carbonyl (C=O) groups excluding carboxylic acids is 1. The number of carbonyl (C=O) groups is 1. The molecular formula is C18H18F2N2O2. The van der Waals surface area contributed by atoms with Gasteiger partial charge in [0.15, 0.2) is 0 Å². The van der Waals surface area contributed by atoms with Crippen LogP contribution in [0, 0.1) is 11.6 Å². The molecule has 2 aromatic carbocycles. The molecule has 2 aromatic rings. The van der Waals surface area contributed by atoms with Crippen molar-refractivity contribution in [1.29, 1.82) is 0 Å². The van der Waals surface area contributed by atoms with Gasteiger partial charge in [0.2, 0.25) is 0 Å². The average molecular weight is 332 g/mol. The predicted octanol–water partition coefficient (Wildman–Crippen LogP) is 2.49. The van der Waals surface area contributed by atoms with Crippen molar-refractivity contribution in [1.82, 2.24) is 5.32 Å². The maximum Gasteiger partial charge on any atom is 0.257 e. The van der Waals surface area contributed by atoms with E-state index in [0.717, 1.165) is 0 Å². The number of nitrogens with one attached hydrogen (secondary N) is 1. The highest BCUT2D eigenvalue weighted by Crippen LogP contribution is 2.21. The summed E-state index contributed by atoms with van der Waals surface area (Å²) in [5.74, 6) is -1.07. The first-order valence-corrected chi connectivity index (χ1v) is 7.78. The lowest BCUT2D eigenvalue weighted by molar-refractivity contribution is -0.131. The fraction of sp³-hybridized carbons (Fsp3) is 0.278. The molecule has 3 rings (SSSR count). The van der Waals surface area contributed by atoms with Crippen LogP contribution >= 0.6 is 0 Å². The summed E-state index contributed by atoms with van der Waals surface area (Å²) >= 11 is 0. The normalized spacial score (nSPS) is 17.5. The summed E-state index contributed by atoms with van der Waals surface area (Å²) in [6.07, 6.45) is -0.643. The Hall–Kier alpha value is -2.31. The molecule has 0 spiro atoms. The second-order valence-electron chi connectivity index (χ2n) is 5.56. The first-order valence-electron chi connectivity index (χ1n) is 7.78. The molecule has 1 heterocycles. The maximum absolute atomic E-state index is 14.0. The second-order valence-corrected chi connectivity index (χ2v) is 5.56. The molecule has 24 heavy (non-hydrogen) atoms. The number of nitrogens with zero attached hydrogens (tertiary/aromatic N) is 1. The zero-order valence-corrected chi connectivity index (χ0v) is 13.0. The zero-order valence-electron chi connectivity index (χ0n) is 13.0. The van der Waals surface area contributed by atoms with E-state index in [9.17, 15) is 13.6 Å². The summed E-state index contributed by atoms with van der Waals surface area (Å²) in [5.41, 5.74) is 0.887. The van der Waals surface area contributed by atoms with Crippen LogP contribution < -0.4 is 10.2 Å². The van der Waals surface area contributed by atoms with E-state index in [4.69, 9.17) is 4.74 Å². The lowest BCUT2D eigenvalue weighted by Crippen LogP contribution is -2.49. The number of halogens is 2. The molecule has 1 fully saturated rings. The van der Waals surface area contributed by atoms with Crippen LogP contribution in [0.5, 0.6) is 0 Å². The number of ether oxygens (including phenoxy) is 1. The number of benzene rings is 2. The first kappa shape index (κ1) is 16.5. The molecule has 4 nitrogen and oxygen atoms in total. The molecule has 0 aliphatic carbocycles. The minimum absolute atomic E-state index is 0.0526. The van der Waals surface area contributed by atoms with Gasteiger partial charge in [-0.05, 0) is 30.3 Å². The van der Waals surface area contributed by atoms with Crippen LogP contribution in [0.25, 0.3) is 0 Å². The number of rotatable bonds is 4. The standard InChI is InChI=1S/C18H18F2N2O2/c19-14-5-7-15(8-6-14)22(12-13-3-1-2-4-16(13)20)18(23)17-11-21-9-10-24-17/h1-8,17,21H,9-12H2/t17-/m1/s1. The Bertz CT molecular complexity index is 700. The van der Waals surface area contributed by atoms with Gasteiger partial charge < -0.3 is 15.0 Å². The summed E-state index contributed by atoms with van der Waals surface area (Å²) in [7, 11) is 0. The van der Waals surface area contributed by atoms with Gasteiger partial charge in [-0.3, -0.25) is 4.79 Å². The Kier molecular flexibility index (Phi) is 5.17. The van der Waals surface area contributed by atoms with E-state index in [1.807, 2.05) is 0 Å². The van der Waals surface area contributed by atoms with E-state index in [1.165, 1.54) is 35.2 Å². The third-order valence-corrected chi connectivity index (χ3v) is 3.89. The van der Waals surface area contributed by atoms with E-state index < -0.39 is 11.9 Å².